The van der Waals surface area contributed by atoms with Crippen molar-refractivity contribution < 1.29 is 17.9 Å². The quantitative estimate of drug-likeness (QED) is 0.675. The fourth-order valence-corrected chi connectivity index (χ4v) is 4.99. The van der Waals surface area contributed by atoms with Crippen molar-refractivity contribution in [3.63, 3.8) is 0 Å². The topological polar surface area (TPSA) is 105 Å². The van der Waals surface area contributed by atoms with Crippen molar-refractivity contribution in [3.05, 3.63) is 23.8 Å². The molecule has 2 fully saturated rings. The molecule has 2 saturated heterocycles. The summed E-state index contributed by atoms with van der Waals surface area (Å²) in [5.41, 5.74) is 0.439. The zero-order chi connectivity index (χ0) is 20.9. The van der Waals surface area contributed by atoms with Gasteiger partial charge in [-0.25, -0.2) is 22.7 Å². The first-order valence-corrected chi connectivity index (χ1v) is 12.0. The summed E-state index contributed by atoms with van der Waals surface area (Å²) in [5, 5.41) is 2.94. The lowest BCUT2D eigenvalue weighted by Crippen LogP contribution is -2.55. The number of carbonyl (C=O) groups excluding carboxylic acids is 1. The van der Waals surface area contributed by atoms with Gasteiger partial charge in [0, 0.05) is 63.9 Å². The van der Waals surface area contributed by atoms with Gasteiger partial charge in [-0.05, 0) is 32.6 Å². The van der Waals surface area contributed by atoms with Crippen LogP contribution in [0.1, 0.15) is 41.9 Å². The van der Waals surface area contributed by atoms with E-state index < -0.39 is 10.0 Å². The van der Waals surface area contributed by atoms with Crippen molar-refractivity contribution >= 4 is 15.9 Å². The number of piperidine rings is 1. The minimum atomic E-state index is -3.20. The first-order chi connectivity index (χ1) is 13.8. The van der Waals surface area contributed by atoms with Crippen LogP contribution in [0.15, 0.2) is 12.4 Å². The molecule has 0 radical (unpaired) electrons. The summed E-state index contributed by atoms with van der Waals surface area (Å²) in [6, 6.07) is 0.494. The minimum Gasteiger partial charge on any atom is -0.381 e. The Balaban J connectivity index is 1.62. The van der Waals surface area contributed by atoms with Gasteiger partial charge in [-0.15, -0.1) is 0 Å². The number of carbonyl (C=O) groups is 1. The van der Waals surface area contributed by atoms with E-state index in [1.165, 1.54) is 18.6 Å². The lowest BCUT2D eigenvalue weighted by molar-refractivity contribution is 0.00673. The highest BCUT2D eigenvalue weighted by atomic mass is 32.2. The number of nitrogens with one attached hydrogen (secondary N) is 1. The zero-order valence-corrected chi connectivity index (χ0v) is 18.0. The number of hydrogen-bond donors (Lipinski definition) is 1. The molecule has 29 heavy (non-hydrogen) atoms. The normalized spacial score (nSPS) is 22.0. The van der Waals surface area contributed by atoms with Gasteiger partial charge in [0.25, 0.3) is 5.91 Å². The molecule has 1 atom stereocenters. The van der Waals surface area contributed by atoms with E-state index in [0.29, 0.717) is 43.6 Å². The number of ether oxygens (including phenoxy) is 1. The number of amides is 1. The fourth-order valence-electron chi connectivity index (χ4n) is 4.08. The number of sulfonamides is 1. The van der Waals surface area contributed by atoms with Crippen LogP contribution in [0.5, 0.6) is 0 Å². The fraction of sp³-hybridized carbons (Fsp3) is 0.737. The van der Waals surface area contributed by atoms with Gasteiger partial charge in [0.1, 0.15) is 5.82 Å². The number of rotatable bonds is 7. The van der Waals surface area contributed by atoms with Crippen LogP contribution in [0, 0.1) is 6.92 Å². The van der Waals surface area contributed by atoms with Gasteiger partial charge >= 0.3 is 0 Å². The largest absolute Gasteiger partial charge is 0.381 e. The van der Waals surface area contributed by atoms with E-state index in [1.54, 1.807) is 11.2 Å². The standard InChI is InChI=1S/C19H31N5O4S/c1-15-21-12-16(13-22-15)19(25)20-7-9-24(17-5-10-28-11-6-17)18-4-3-8-23(14-18)29(2,26)27/h12-13,17-18H,3-11,14H2,1-2H3,(H,20,25). The van der Waals surface area contributed by atoms with E-state index in [2.05, 4.69) is 20.2 Å². The number of nitrogens with zero attached hydrogens (tertiary/aromatic N) is 4. The molecular weight excluding hydrogens is 394 g/mol. The van der Waals surface area contributed by atoms with Crippen molar-refractivity contribution in [2.24, 2.45) is 0 Å². The molecule has 0 bridgehead atoms. The molecule has 2 aliphatic rings. The van der Waals surface area contributed by atoms with Crippen molar-refractivity contribution in [2.75, 3.05) is 45.6 Å². The average Bonchev–Trinajstić information content (AvgIpc) is 2.72. The molecule has 162 valence electrons. The third kappa shape index (κ3) is 6.18. The highest BCUT2D eigenvalue weighted by Crippen LogP contribution is 2.24. The summed E-state index contributed by atoms with van der Waals surface area (Å²) < 4.78 is 31.2. The maximum atomic E-state index is 12.4. The maximum Gasteiger partial charge on any atom is 0.254 e. The highest BCUT2D eigenvalue weighted by molar-refractivity contribution is 7.88. The van der Waals surface area contributed by atoms with Gasteiger partial charge in [0.05, 0.1) is 11.8 Å². The highest BCUT2D eigenvalue weighted by Gasteiger charge is 2.33. The Morgan fingerprint density at radius 2 is 1.93 bits per heavy atom. The predicted molar refractivity (Wildman–Crippen MR) is 109 cm³/mol. The Labute approximate surface area is 172 Å². The summed E-state index contributed by atoms with van der Waals surface area (Å²) >= 11 is 0. The maximum absolute atomic E-state index is 12.4. The molecule has 0 saturated carbocycles. The molecular formula is C19H31N5O4S. The third-order valence-corrected chi connectivity index (χ3v) is 6.93. The van der Waals surface area contributed by atoms with E-state index in [4.69, 9.17) is 4.74 Å². The summed E-state index contributed by atoms with van der Waals surface area (Å²) in [7, 11) is -3.20. The Morgan fingerprint density at radius 3 is 2.59 bits per heavy atom. The van der Waals surface area contributed by atoms with Crippen LogP contribution >= 0.6 is 0 Å². The van der Waals surface area contributed by atoms with Crippen LogP contribution in [0.4, 0.5) is 0 Å². The first-order valence-electron chi connectivity index (χ1n) is 10.2. The lowest BCUT2D eigenvalue weighted by Gasteiger charge is -2.43. The first kappa shape index (κ1) is 22.1. The van der Waals surface area contributed by atoms with Crippen molar-refractivity contribution in [1.29, 1.82) is 0 Å². The summed E-state index contributed by atoms with van der Waals surface area (Å²) in [6.45, 7) is 5.47. The van der Waals surface area contributed by atoms with Crippen LogP contribution in [0.25, 0.3) is 0 Å². The van der Waals surface area contributed by atoms with E-state index in [0.717, 1.165) is 38.9 Å². The molecule has 1 aromatic rings. The predicted octanol–water partition coefficient (Wildman–Crippen LogP) is 0.420. The molecule has 9 nitrogen and oxygen atoms in total. The number of aromatic nitrogens is 2. The van der Waals surface area contributed by atoms with Gasteiger partial charge in [0.2, 0.25) is 10.0 Å². The molecule has 10 heteroatoms. The molecule has 1 unspecified atom stereocenters. The Kier molecular flexibility index (Phi) is 7.55. The van der Waals surface area contributed by atoms with Gasteiger partial charge in [0.15, 0.2) is 0 Å². The monoisotopic (exact) mass is 425 g/mol. The zero-order valence-electron chi connectivity index (χ0n) is 17.2. The van der Waals surface area contributed by atoms with Gasteiger partial charge in [-0.3, -0.25) is 9.69 Å². The summed E-state index contributed by atoms with van der Waals surface area (Å²) in [4.78, 5) is 22.9. The smallest absolute Gasteiger partial charge is 0.254 e. The van der Waals surface area contributed by atoms with Gasteiger partial charge in [-0.1, -0.05) is 0 Å². The second-order valence-electron chi connectivity index (χ2n) is 7.77. The minimum absolute atomic E-state index is 0.154. The van der Waals surface area contributed by atoms with Crippen LogP contribution < -0.4 is 5.32 Å². The molecule has 3 rings (SSSR count). The van der Waals surface area contributed by atoms with Gasteiger partial charge in [-0.2, -0.15) is 0 Å². The van der Waals surface area contributed by atoms with Crippen molar-refractivity contribution in [1.82, 2.24) is 24.5 Å². The van der Waals surface area contributed by atoms with E-state index >= 15 is 0 Å². The number of aryl methyl sites for hydroxylation is 1. The Hall–Kier alpha value is -1.62. The van der Waals surface area contributed by atoms with Crippen LogP contribution in [0.3, 0.4) is 0 Å². The molecule has 3 heterocycles. The molecule has 0 aliphatic carbocycles. The van der Waals surface area contributed by atoms with Crippen LogP contribution in [-0.2, 0) is 14.8 Å². The Morgan fingerprint density at radius 1 is 1.24 bits per heavy atom. The Bertz CT molecular complexity index is 780. The molecule has 1 amide bonds. The van der Waals surface area contributed by atoms with Crippen LogP contribution in [-0.4, -0.2) is 91.2 Å². The number of hydrogen-bond acceptors (Lipinski definition) is 7. The SMILES string of the molecule is Cc1ncc(C(=O)NCCN(C2CCOCC2)C2CCCN(S(C)(=O)=O)C2)cn1. The molecule has 0 aromatic carbocycles. The second kappa shape index (κ2) is 9.92. The molecule has 1 N–H and O–H groups in total. The second-order valence-corrected chi connectivity index (χ2v) is 9.76. The third-order valence-electron chi connectivity index (χ3n) is 5.66. The van der Waals surface area contributed by atoms with E-state index in [1.807, 2.05) is 0 Å². The molecule has 2 aliphatic heterocycles. The molecule has 1 aromatic heterocycles. The molecule has 0 spiro atoms. The lowest BCUT2D eigenvalue weighted by atomic mass is 9.99. The van der Waals surface area contributed by atoms with Crippen molar-refractivity contribution in [2.45, 2.75) is 44.7 Å². The summed E-state index contributed by atoms with van der Waals surface area (Å²) in [5.74, 6) is 0.429. The van der Waals surface area contributed by atoms with E-state index in [-0.39, 0.29) is 11.9 Å². The van der Waals surface area contributed by atoms with Crippen LogP contribution in [0.2, 0.25) is 0 Å². The van der Waals surface area contributed by atoms with Crippen molar-refractivity contribution in [3.8, 4) is 0 Å². The summed E-state index contributed by atoms with van der Waals surface area (Å²) in [6.07, 6.45) is 7.99. The van der Waals surface area contributed by atoms with Gasteiger partial charge < -0.3 is 10.1 Å². The van der Waals surface area contributed by atoms with E-state index in [9.17, 15) is 13.2 Å². The average molecular weight is 426 g/mol.